The van der Waals surface area contributed by atoms with E-state index in [0.29, 0.717) is 10.6 Å². The van der Waals surface area contributed by atoms with Crippen molar-refractivity contribution in [2.24, 2.45) is 0 Å². The van der Waals surface area contributed by atoms with E-state index >= 15 is 0 Å². The van der Waals surface area contributed by atoms with Crippen molar-refractivity contribution < 1.29 is 4.39 Å². The van der Waals surface area contributed by atoms with E-state index < -0.39 is 5.82 Å². The van der Waals surface area contributed by atoms with Crippen LogP contribution in [0.25, 0.3) is 11.1 Å². The molecule has 4 heteroatoms. The fourth-order valence-corrected chi connectivity index (χ4v) is 2.28. The third-order valence-corrected chi connectivity index (χ3v) is 4.06. The Labute approximate surface area is 111 Å². The van der Waals surface area contributed by atoms with Gasteiger partial charge in [0, 0.05) is 5.56 Å². The van der Waals surface area contributed by atoms with Gasteiger partial charge in [-0.2, -0.15) is 0 Å². The van der Waals surface area contributed by atoms with Crippen LogP contribution in [0.2, 0.25) is 10.0 Å². The van der Waals surface area contributed by atoms with Gasteiger partial charge < -0.3 is 0 Å². The maximum absolute atomic E-state index is 13.5. The molecule has 0 unspecified atom stereocenters. The van der Waals surface area contributed by atoms with Crippen LogP contribution in [-0.4, -0.2) is 0 Å². The molecular formula is C12H6BrCl2F. The van der Waals surface area contributed by atoms with Crippen molar-refractivity contribution in [1.29, 1.82) is 0 Å². The van der Waals surface area contributed by atoms with Gasteiger partial charge in [0.15, 0.2) is 0 Å². The predicted molar refractivity (Wildman–Crippen MR) is 69.6 cm³/mol. The molecule has 0 N–H and O–H groups in total. The van der Waals surface area contributed by atoms with Gasteiger partial charge in [-0.25, -0.2) is 4.39 Å². The van der Waals surface area contributed by atoms with E-state index in [9.17, 15) is 4.39 Å². The van der Waals surface area contributed by atoms with Gasteiger partial charge in [-0.05, 0) is 27.6 Å². The lowest BCUT2D eigenvalue weighted by atomic mass is 10.1. The first-order valence-corrected chi connectivity index (χ1v) is 6.04. The van der Waals surface area contributed by atoms with Crippen LogP contribution in [0.3, 0.4) is 0 Å². The van der Waals surface area contributed by atoms with Crippen LogP contribution < -0.4 is 0 Å². The fraction of sp³-hybridized carbons (Fsp3) is 0. The lowest BCUT2D eigenvalue weighted by molar-refractivity contribution is 0.622. The van der Waals surface area contributed by atoms with Gasteiger partial charge in [0.2, 0.25) is 0 Å². The Kier molecular flexibility index (Phi) is 3.53. The van der Waals surface area contributed by atoms with Crippen LogP contribution in [0.5, 0.6) is 0 Å². The molecule has 0 aliphatic carbocycles. The molecule has 0 nitrogen and oxygen atoms in total. The van der Waals surface area contributed by atoms with Crippen molar-refractivity contribution in [3.63, 3.8) is 0 Å². The fourth-order valence-electron chi connectivity index (χ4n) is 1.40. The standard InChI is InChI=1S/C12H6BrCl2F/c13-10-9(16)6-8(11(14)12(10)15)7-4-2-1-3-5-7/h1-6H. The van der Waals surface area contributed by atoms with Gasteiger partial charge in [-0.15, -0.1) is 0 Å². The first-order valence-electron chi connectivity index (χ1n) is 4.49. The summed E-state index contributed by atoms with van der Waals surface area (Å²) in [5.41, 5.74) is 1.42. The molecule has 0 saturated carbocycles. The van der Waals surface area contributed by atoms with Gasteiger partial charge >= 0.3 is 0 Å². The van der Waals surface area contributed by atoms with Gasteiger partial charge in [-0.3, -0.25) is 0 Å². The zero-order chi connectivity index (χ0) is 11.7. The largest absolute Gasteiger partial charge is 0.206 e. The third-order valence-electron chi connectivity index (χ3n) is 2.19. The van der Waals surface area contributed by atoms with Crippen molar-refractivity contribution in [3.8, 4) is 11.1 Å². The number of rotatable bonds is 1. The molecule has 0 aromatic heterocycles. The molecular weight excluding hydrogens is 314 g/mol. The van der Waals surface area contributed by atoms with E-state index in [-0.39, 0.29) is 9.50 Å². The van der Waals surface area contributed by atoms with E-state index in [1.165, 1.54) is 6.07 Å². The topological polar surface area (TPSA) is 0 Å². The second-order valence-electron chi connectivity index (χ2n) is 3.21. The summed E-state index contributed by atoms with van der Waals surface area (Å²) in [7, 11) is 0. The Morgan fingerprint density at radius 2 is 1.62 bits per heavy atom. The molecule has 0 bridgehead atoms. The van der Waals surface area contributed by atoms with Crippen molar-refractivity contribution in [2.45, 2.75) is 0 Å². The van der Waals surface area contributed by atoms with Gasteiger partial charge in [0.05, 0.1) is 14.5 Å². The summed E-state index contributed by atoms with van der Waals surface area (Å²) < 4.78 is 13.7. The van der Waals surface area contributed by atoms with Crippen molar-refractivity contribution in [3.05, 3.63) is 56.7 Å². The summed E-state index contributed by atoms with van der Waals surface area (Å²) in [6, 6.07) is 10.7. The predicted octanol–water partition coefficient (Wildman–Crippen LogP) is 5.56. The molecule has 0 atom stereocenters. The molecule has 0 radical (unpaired) electrons. The van der Waals surface area contributed by atoms with E-state index in [4.69, 9.17) is 23.2 Å². The summed E-state index contributed by atoms with van der Waals surface area (Å²) in [5, 5.41) is 0.543. The van der Waals surface area contributed by atoms with E-state index in [0.717, 1.165) is 5.56 Å². The van der Waals surface area contributed by atoms with Crippen molar-refractivity contribution in [1.82, 2.24) is 0 Å². The maximum Gasteiger partial charge on any atom is 0.139 e. The molecule has 0 saturated heterocycles. The van der Waals surface area contributed by atoms with E-state index in [1.54, 1.807) is 0 Å². The second kappa shape index (κ2) is 4.74. The molecule has 82 valence electrons. The average Bonchev–Trinajstić information content (AvgIpc) is 2.32. The molecule has 0 aliphatic heterocycles. The molecule has 0 fully saturated rings. The Balaban J connectivity index is 2.68. The Morgan fingerprint density at radius 3 is 2.25 bits per heavy atom. The summed E-state index contributed by atoms with van der Waals surface area (Å²) >= 11 is 15.0. The molecule has 16 heavy (non-hydrogen) atoms. The number of halogens is 4. The van der Waals surface area contributed by atoms with E-state index in [2.05, 4.69) is 15.9 Å². The van der Waals surface area contributed by atoms with Crippen LogP contribution in [0.4, 0.5) is 4.39 Å². The molecule has 0 amide bonds. The molecule has 0 spiro atoms. The highest BCUT2D eigenvalue weighted by Gasteiger charge is 2.14. The van der Waals surface area contributed by atoms with Crippen molar-refractivity contribution in [2.75, 3.05) is 0 Å². The van der Waals surface area contributed by atoms with Crippen molar-refractivity contribution >= 4 is 39.1 Å². The molecule has 0 aliphatic rings. The Morgan fingerprint density at radius 1 is 1.00 bits per heavy atom. The second-order valence-corrected chi connectivity index (χ2v) is 4.76. The minimum absolute atomic E-state index is 0.193. The van der Waals surface area contributed by atoms with Gasteiger partial charge in [0.1, 0.15) is 5.82 Å². The highest BCUT2D eigenvalue weighted by molar-refractivity contribution is 9.10. The Hall–Kier alpha value is -0.570. The highest BCUT2D eigenvalue weighted by atomic mass is 79.9. The smallest absolute Gasteiger partial charge is 0.139 e. The monoisotopic (exact) mass is 318 g/mol. The average molecular weight is 320 g/mol. The van der Waals surface area contributed by atoms with E-state index in [1.807, 2.05) is 30.3 Å². The molecule has 2 aromatic carbocycles. The molecule has 0 heterocycles. The summed E-state index contributed by atoms with van der Waals surface area (Å²) in [6.45, 7) is 0. The Bertz CT molecular complexity index is 526. The highest BCUT2D eigenvalue weighted by Crippen LogP contribution is 2.39. The molecule has 2 rings (SSSR count). The molecule has 2 aromatic rings. The maximum atomic E-state index is 13.5. The SMILES string of the molecule is Fc1cc(-c2ccccc2)c(Cl)c(Cl)c1Br. The quantitative estimate of drug-likeness (QED) is 0.476. The third kappa shape index (κ3) is 2.10. The number of hydrogen-bond donors (Lipinski definition) is 0. The summed E-state index contributed by atoms with van der Waals surface area (Å²) in [6.07, 6.45) is 0. The summed E-state index contributed by atoms with van der Waals surface area (Å²) in [5.74, 6) is -0.423. The number of hydrogen-bond acceptors (Lipinski definition) is 0. The lowest BCUT2D eigenvalue weighted by Gasteiger charge is -2.08. The lowest BCUT2D eigenvalue weighted by Crippen LogP contribution is -1.86. The zero-order valence-electron chi connectivity index (χ0n) is 7.98. The van der Waals surface area contributed by atoms with Crippen LogP contribution in [0.15, 0.2) is 40.9 Å². The minimum Gasteiger partial charge on any atom is -0.206 e. The van der Waals surface area contributed by atoms with Crippen LogP contribution in [0.1, 0.15) is 0 Å². The number of benzene rings is 2. The van der Waals surface area contributed by atoms with Crippen LogP contribution >= 0.6 is 39.1 Å². The normalized spacial score (nSPS) is 10.5. The first kappa shape index (κ1) is 11.9. The summed E-state index contributed by atoms with van der Waals surface area (Å²) in [4.78, 5) is 0. The zero-order valence-corrected chi connectivity index (χ0v) is 11.1. The van der Waals surface area contributed by atoms with Gasteiger partial charge in [-0.1, -0.05) is 53.5 Å². The van der Waals surface area contributed by atoms with Crippen LogP contribution in [0, 0.1) is 5.82 Å². The van der Waals surface area contributed by atoms with Gasteiger partial charge in [0.25, 0.3) is 0 Å². The first-order chi connectivity index (χ1) is 7.61. The van der Waals surface area contributed by atoms with Crippen LogP contribution in [-0.2, 0) is 0 Å². The minimum atomic E-state index is -0.423.